The molecule has 3 N–H and O–H groups in total. The fourth-order valence-electron chi connectivity index (χ4n) is 2.01. The van der Waals surface area contributed by atoms with Crippen molar-refractivity contribution in [1.29, 1.82) is 0 Å². The summed E-state index contributed by atoms with van der Waals surface area (Å²) in [6.07, 6.45) is 0.925. The Hall–Kier alpha value is -1.15. The molecule has 0 aliphatic rings. The van der Waals surface area contributed by atoms with E-state index in [0.29, 0.717) is 11.9 Å². The first-order chi connectivity index (χ1) is 10.5. The van der Waals surface area contributed by atoms with Crippen LogP contribution in [-0.4, -0.2) is 24.0 Å². The maximum atomic E-state index is 5.82. The van der Waals surface area contributed by atoms with Crippen LogP contribution in [0.15, 0.2) is 34.6 Å². The highest BCUT2D eigenvalue weighted by atomic mass is 127. The number of hydrogen-bond acceptors (Lipinski definition) is 3. The van der Waals surface area contributed by atoms with Gasteiger partial charge in [0.1, 0.15) is 0 Å². The smallest absolute Gasteiger partial charge is 0.188 e. The molecule has 0 amide bonds. The number of nitrogens with two attached hydrogens (primary N) is 1. The van der Waals surface area contributed by atoms with Crippen LogP contribution in [0.2, 0.25) is 0 Å². The molecule has 0 unspecified atom stereocenters. The molecule has 23 heavy (non-hydrogen) atoms. The Labute approximate surface area is 159 Å². The highest BCUT2D eigenvalue weighted by Gasteiger charge is 2.02. The average molecular weight is 444 g/mol. The molecular formula is C17H25IN4S. The van der Waals surface area contributed by atoms with E-state index in [1.165, 1.54) is 11.1 Å². The summed E-state index contributed by atoms with van der Waals surface area (Å²) in [6.45, 7) is 7.84. The monoisotopic (exact) mass is 444 g/mol. The van der Waals surface area contributed by atoms with E-state index >= 15 is 0 Å². The lowest BCUT2D eigenvalue weighted by Gasteiger charge is -2.07. The number of nitrogens with one attached hydrogen (secondary N) is 1. The number of aryl methyl sites for hydroxylation is 1. The quantitative estimate of drug-likeness (QED) is 0.404. The van der Waals surface area contributed by atoms with Gasteiger partial charge in [-0.25, -0.2) is 4.98 Å². The summed E-state index contributed by atoms with van der Waals surface area (Å²) in [5.74, 6) is 1.06. The minimum atomic E-state index is 0. The van der Waals surface area contributed by atoms with E-state index in [1.54, 1.807) is 11.3 Å². The van der Waals surface area contributed by atoms with Gasteiger partial charge in [0.05, 0.1) is 10.7 Å². The Morgan fingerprint density at radius 3 is 2.57 bits per heavy atom. The van der Waals surface area contributed by atoms with Crippen LogP contribution >= 0.6 is 35.3 Å². The lowest BCUT2D eigenvalue weighted by molar-refractivity contribution is 0.661. The van der Waals surface area contributed by atoms with Crippen molar-refractivity contribution in [2.24, 2.45) is 16.6 Å². The zero-order valence-corrected chi connectivity index (χ0v) is 17.0. The molecule has 6 heteroatoms. The third kappa shape index (κ3) is 6.87. The third-order valence-electron chi connectivity index (χ3n) is 3.22. The minimum Gasteiger partial charge on any atom is -0.370 e. The molecule has 0 radical (unpaired) electrons. The fraction of sp³-hybridized carbons (Fsp3) is 0.412. The summed E-state index contributed by atoms with van der Waals surface area (Å²) in [4.78, 5) is 8.79. The first kappa shape index (κ1) is 19.9. The second kappa shape index (κ2) is 9.87. The fourth-order valence-corrected chi connectivity index (χ4v) is 2.63. The molecule has 0 aliphatic heterocycles. The van der Waals surface area contributed by atoms with Gasteiger partial charge in [-0.05, 0) is 24.8 Å². The molecule has 0 atom stereocenters. The van der Waals surface area contributed by atoms with Crippen molar-refractivity contribution in [3.05, 3.63) is 40.2 Å². The molecule has 4 nitrogen and oxygen atoms in total. The van der Waals surface area contributed by atoms with E-state index in [9.17, 15) is 0 Å². The van der Waals surface area contributed by atoms with E-state index in [-0.39, 0.29) is 24.0 Å². The molecule has 0 saturated heterocycles. The summed E-state index contributed by atoms with van der Waals surface area (Å²) in [5.41, 5.74) is 9.32. The standard InChI is InChI=1S/C17H24N4S.HI/c1-12(2)10-20-17(18)19-9-8-14-4-6-15(7-5-14)16-11-22-13(3)21-16;/h4-7,11-12H,8-10H2,1-3H3,(H3,18,19,20);1H. The van der Waals surface area contributed by atoms with Crippen LogP contribution in [-0.2, 0) is 6.42 Å². The number of nitrogens with zero attached hydrogens (tertiary/aromatic N) is 2. The number of thiazole rings is 1. The molecule has 1 aromatic heterocycles. The maximum Gasteiger partial charge on any atom is 0.188 e. The van der Waals surface area contributed by atoms with Crippen molar-refractivity contribution in [2.75, 3.05) is 13.1 Å². The lowest BCUT2D eigenvalue weighted by Crippen LogP contribution is -2.33. The van der Waals surface area contributed by atoms with E-state index in [4.69, 9.17) is 5.73 Å². The number of rotatable bonds is 6. The minimum absolute atomic E-state index is 0. The van der Waals surface area contributed by atoms with Crippen LogP contribution in [0.1, 0.15) is 24.4 Å². The topological polar surface area (TPSA) is 63.3 Å². The molecular weight excluding hydrogens is 419 g/mol. The summed E-state index contributed by atoms with van der Waals surface area (Å²) < 4.78 is 0. The number of hydrogen-bond donors (Lipinski definition) is 2. The highest BCUT2D eigenvalue weighted by Crippen LogP contribution is 2.21. The van der Waals surface area contributed by atoms with Crippen molar-refractivity contribution >= 4 is 41.3 Å². The second-order valence-corrected chi connectivity index (χ2v) is 6.81. The summed E-state index contributed by atoms with van der Waals surface area (Å²) in [6, 6.07) is 8.54. The van der Waals surface area contributed by atoms with Crippen molar-refractivity contribution in [1.82, 2.24) is 10.3 Å². The van der Waals surface area contributed by atoms with Gasteiger partial charge in [0.15, 0.2) is 5.96 Å². The molecule has 1 heterocycles. The van der Waals surface area contributed by atoms with Crippen LogP contribution in [0.5, 0.6) is 0 Å². The van der Waals surface area contributed by atoms with Gasteiger partial charge in [0.25, 0.3) is 0 Å². The Kier molecular flexibility index (Phi) is 8.54. The molecule has 0 fully saturated rings. The van der Waals surface area contributed by atoms with Crippen molar-refractivity contribution in [3.8, 4) is 11.3 Å². The molecule has 2 rings (SSSR count). The van der Waals surface area contributed by atoms with Gasteiger partial charge in [0, 0.05) is 24.0 Å². The second-order valence-electron chi connectivity index (χ2n) is 5.75. The van der Waals surface area contributed by atoms with Gasteiger partial charge in [-0.15, -0.1) is 35.3 Å². The van der Waals surface area contributed by atoms with E-state index < -0.39 is 0 Å². The van der Waals surface area contributed by atoms with Crippen LogP contribution in [0.3, 0.4) is 0 Å². The van der Waals surface area contributed by atoms with E-state index in [2.05, 4.69) is 58.8 Å². The largest absolute Gasteiger partial charge is 0.370 e. The van der Waals surface area contributed by atoms with Gasteiger partial charge in [0.2, 0.25) is 0 Å². The lowest BCUT2D eigenvalue weighted by atomic mass is 10.1. The van der Waals surface area contributed by atoms with Crippen LogP contribution in [0, 0.1) is 12.8 Å². The highest BCUT2D eigenvalue weighted by molar-refractivity contribution is 14.0. The van der Waals surface area contributed by atoms with Gasteiger partial charge in [-0.3, -0.25) is 4.99 Å². The normalized spacial score (nSPS) is 11.4. The van der Waals surface area contributed by atoms with Gasteiger partial charge in [-0.2, -0.15) is 0 Å². The SMILES string of the molecule is Cc1nc(-c2ccc(CCNC(N)=NCC(C)C)cc2)cs1.I. The third-order valence-corrected chi connectivity index (χ3v) is 3.99. The van der Waals surface area contributed by atoms with Crippen molar-refractivity contribution in [2.45, 2.75) is 27.2 Å². The zero-order valence-electron chi connectivity index (χ0n) is 13.9. The van der Waals surface area contributed by atoms with E-state index in [0.717, 1.165) is 30.2 Å². The molecule has 0 bridgehead atoms. The number of aliphatic imine (C=N–C) groups is 1. The van der Waals surface area contributed by atoms with Crippen molar-refractivity contribution < 1.29 is 0 Å². The number of benzene rings is 1. The Morgan fingerprint density at radius 1 is 1.30 bits per heavy atom. The summed E-state index contributed by atoms with van der Waals surface area (Å²) in [5, 5.41) is 6.34. The molecule has 1 aromatic carbocycles. The molecule has 2 aromatic rings. The van der Waals surface area contributed by atoms with Crippen molar-refractivity contribution in [3.63, 3.8) is 0 Å². The summed E-state index contributed by atoms with van der Waals surface area (Å²) in [7, 11) is 0. The number of halogens is 1. The van der Waals surface area contributed by atoms with Gasteiger partial charge < -0.3 is 11.1 Å². The zero-order chi connectivity index (χ0) is 15.9. The average Bonchev–Trinajstić information content (AvgIpc) is 2.92. The molecule has 126 valence electrons. The van der Waals surface area contributed by atoms with Gasteiger partial charge in [-0.1, -0.05) is 38.1 Å². The Bertz CT molecular complexity index is 620. The maximum absolute atomic E-state index is 5.82. The Balaban J connectivity index is 0.00000264. The molecule has 0 aliphatic carbocycles. The molecule has 0 saturated carbocycles. The van der Waals surface area contributed by atoms with Crippen LogP contribution < -0.4 is 11.1 Å². The Morgan fingerprint density at radius 2 is 2.00 bits per heavy atom. The first-order valence-corrected chi connectivity index (χ1v) is 8.48. The van der Waals surface area contributed by atoms with Gasteiger partial charge >= 0.3 is 0 Å². The predicted octanol–water partition coefficient (Wildman–Crippen LogP) is 3.84. The molecule has 0 spiro atoms. The predicted molar refractivity (Wildman–Crippen MR) is 111 cm³/mol. The van der Waals surface area contributed by atoms with E-state index in [1.807, 2.05) is 6.92 Å². The van der Waals surface area contributed by atoms with Crippen LogP contribution in [0.25, 0.3) is 11.3 Å². The number of aromatic nitrogens is 1. The van der Waals surface area contributed by atoms with Crippen LogP contribution in [0.4, 0.5) is 0 Å². The number of guanidine groups is 1. The summed E-state index contributed by atoms with van der Waals surface area (Å²) >= 11 is 1.68. The first-order valence-electron chi connectivity index (χ1n) is 7.60.